The molecule has 18 heavy (non-hydrogen) atoms. The van der Waals surface area contributed by atoms with Crippen molar-refractivity contribution in [1.82, 2.24) is 4.90 Å². The molecular weight excluding hydrogens is 258 g/mol. The van der Waals surface area contributed by atoms with E-state index in [1.54, 1.807) is 6.92 Å². The number of carboxylic acid groups (broad SMARTS) is 1. The molecule has 1 rings (SSSR count). The second-order valence-electron chi connectivity index (χ2n) is 3.84. The standard InChI is InChI=1S/C12H14ClNO4/c1-3-9(12(17)18)14(2)11(16)7-4-5-10(15)8(13)6-7/h4-6,9,15H,3H2,1-2H3,(H,17,18). The van der Waals surface area contributed by atoms with Gasteiger partial charge in [0.05, 0.1) is 5.02 Å². The smallest absolute Gasteiger partial charge is 0.326 e. The summed E-state index contributed by atoms with van der Waals surface area (Å²) in [6, 6.07) is 3.12. The highest BCUT2D eigenvalue weighted by Gasteiger charge is 2.25. The molecule has 0 saturated heterocycles. The fourth-order valence-electron chi connectivity index (χ4n) is 1.60. The normalized spacial score (nSPS) is 11.9. The van der Waals surface area contributed by atoms with Crippen LogP contribution in [-0.4, -0.2) is 40.1 Å². The van der Waals surface area contributed by atoms with Crippen molar-refractivity contribution in [1.29, 1.82) is 0 Å². The van der Waals surface area contributed by atoms with E-state index >= 15 is 0 Å². The predicted molar refractivity (Wildman–Crippen MR) is 66.9 cm³/mol. The number of carbonyl (C=O) groups excluding carboxylic acids is 1. The molecule has 0 saturated carbocycles. The number of aliphatic carboxylic acids is 1. The summed E-state index contributed by atoms with van der Waals surface area (Å²) in [5, 5.41) is 18.3. The van der Waals surface area contributed by atoms with E-state index in [-0.39, 0.29) is 16.3 Å². The van der Waals surface area contributed by atoms with Crippen molar-refractivity contribution in [3.8, 4) is 5.75 Å². The van der Waals surface area contributed by atoms with Gasteiger partial charge in [0.2, 0.25) is 0 Å². The summed E-state index contributed by atoms with van der Waals surface area (Å²) in [6.45, 7) is 1.69. The summed E-state index contributed by atoms with van der Waals surface area (Å²) in [5.74, 6) is -1.63. The summed E-state index contributed by atoms with van der Waals surface area (Å²) in [6.07, 6.45) is 0.309. The molecule has 0 bridgehead atoms. The maximum atomic E-state index is 12.0. The Morgan fingerprint density at radius 1 is 1.44 bits per heavy atom. The Balaban J connectivity index is 2.99. The highest BCUT2D eigenvalue weighted by molar-refractivity contribution is 6.32. The highest BCUT2D eigenvalue weighted by atomic mass is 35.5. The molecule has 0 fully saturated rings. The first-order valence-corrected chi connectivity index (χ1v) is 5.74. The Labute approximate surface area is 110 Å². The van der Waals surface area contributed by atoms with Gasteiger partial charge in [-0.3, -0.25) is 4.79 Å². The predicted octanol–water partition coefficient (Wildman–Crippen LogP) is 1.98. The summed E-state index contributed by atoms with van der Waals surface area (Å²) >= 11 is 5.70. The monoisotopic (exact) mass is 271 g/mol. The molecule has 1 atom stereocenters. The first kappa shape index (κ1) is 14.3. The molecule has 1 amide bonds. The van der Waals surface area contributed by atoms with Gasteiger partial charge in [0.25, 0.3) is 5.91 Å². The third-order valence-corrected chi connectivity index (χ3v) is 2.96. The number of hydrogen-bond acceptors (Lipinski definition) is 3. The molecule has 0 radical (unpaired) electrons. The van der Waals surface area contributed by atoms with Gasteiger partial charge in [0.15, 0.2) is 0 Å². The van der Waals surface area contributed by atoms with Gasteiger partial charge in [-0.05, 0) is 24.6 Å². The largest absolute Gasteiger partial charge is 0.506 e. The van der Waals surface area contributed by atoms with Crippen LogP contribution in [0.15, 0.2) is 18.2 Å². The number of aromatic hydroxyl groups is 1. The van der Waals surface area contributed by atoms with Gasteiger partial charge in [0.1, 0.15) is 11.8 Å². The van der Waals surface area contributed by atoms with Crippen molar-refractivity contribution < 1.29 is 19.8 Å². The van der Waals surface area contributed by atoms with E-state index in [4.69, 9.17) is 16.7 Å². The van der Waals surface area contributed by atoms with Gasteiger partial charge < -0.3 is 15.1 Å². The van der Waals surface area contributed by atoms with Crippen LogP contribution < -0.4 is 0 Å². The third-order valence-electron chi connectivity index (χ3n) is 2.65. The molecule has 98 valence electrons. The van der Waals surface area contributed by atoms with Crippen LogP contribution in [0.1, 0.15) is 23.7 Å². The van der Waals surface area contributed by atoms with Crippen LogP contribution in [0.5, 0.6) is 5.75 Å². The number of amides is 1. The minimum absolute atomic E-state index is 0.0534. The van der Waals surface area contributed by atoms with Gasteiger partial charge in [-0.1, -0.05) is 18.5 Å². The number of hydrogen-bond donors (Lipinski definition) is 2. The Bertz CT molecular complexity index is 475. The van der Waals surface area contributed by atoms with Gasteiger partial charge in [0, 0.05) is 12.6 Å². The molecular formula is C12H14ClNO4. The van der Waals surface area contributed by atoms with Crippen LogP contribution >= 0.6 is 11.6 Å². The number of nitrogens with zero attached hydrogens (tertiary/aromatic N) is 1. The Morgan fingerprint density at radius 2 is 2.06 bits per heavy atom. The average Bonchev–Trinajstić information content (AvgIpc) is 2.32. The van der Waals surface area contributed by atoms with Crippen LogP contribution in [0.25, 0.3) is 0 Å². The lowest BCUT2D eigenvalue weighted by Gasteiger charge is -2.23. The van der Waals surface area contributed by atoms with E-state index in [1.807, 2.05) is 0 Å². The van der Waals surface area contributed by atoms with Crippen molar-refractivity contribution in [3.63, 3.8) is 0 Å². The fraction of sp³-hybridized carbons (Fsp3) is 0.333. The highest BCUT2D eigenvalue weighted by Crippen LogP contribution is 2.24. The maximum absolute atomic E-state index is 12.0. The lowest BCUT2D eigenvalue weighted by molar-refractivity contribution is -0.142. The zero-order valence-electron chi connectivity index (χ0n) is 10.1. The van der Waals surface area contributed by atoms with Crippen LogP contribution in [0.4, 0.5) is 0 Å². The summed E-state index contributed by atoms with van der Waals surface area (Å²) in [7, 11) is 1.42. The second kappa shape index (κ2) is 5.73. The first-order valence-electron chi connectivity index (χ1n) is 5.37. The molecule has 1 aromatic rings. The molecule has 0 aliphatic rings. The topological polar surface area (TPSA) is 77.8 Å². The van der Waals surface area contributed by atoms with E-state index in [0.29, 0.717) is 6.42 Å². The van der Waals surface area contributed by atoms with E-state index < -0.39 is 17.9 Å². The Hall–Kier alpha value is -1.75. The molecule has 2 N–H and O–H groups in total. The number of phenolic OH excluding ortho intramolecular Hbond substituents is 1. The van der Waals surface area contributed by atoms with Gasteiger partial charge >= 0.3 is 5.97 Å². The van der Waals surface area contributed by atoms with E-state index in [2.05, 4.69) is 0 Å². The molecule has 0 spiro atoms. The maximum Gasteiger partial charge on any atom is 0.326 e. The number of halogens is 1. The van der Waals surface area contributed by atoms with Gasteiger partial charge in [-0.25, -0.2) is 4.79 Å². The molecule has 0 aromatic heterocycles. The Morgan fingerprint density at radius 3 is 2.50 bits per heavy atom. The molecule has 1 aromatic carbocycles. The van der Waals surface area contributed by atoms with Crippen molar-refractivity contribution in [2.75, 3.05) is 7.05 Å². The van der Waals surface area contributed by atoms with Gasteiger partial charge in [-0.15, -0.1) is 0 Å². The van der Waals surface area contributed by atoms with Crippen LogP contribution in [0.2, 0.25) is 5.02 Å². The van der Waals surface area contributed by atoms with Crippen molar-refractivity contribution in [2.24, 2.45) is 0 Å². The fourth-order valence-corrected chi connectivity index (χ4v) is 1.78. The third kappa shape index (κ3) is 2.92. The number of carboxylic acids is 1. The number of likely N-dealkylation sites (N-methyl/N-ethyl adjacent to an activating group) is 1. The van der Waals surface area contributed by atoms with Gasteiger partial charge in [-0.2, -0.15) is 0 Å². The molecule has 0 heterocycles. The van der Waals surface area contributed by atoms with Crippen LogP contribution in [0.3, 0.4) is 0 Å². The zero-order chi connectivity index (χ0) is 13.9. The zero-order valence-corrected chi connectivity index (χ0v) is 10.8. The van der Waals surface area contributed by atoms with E-state index in [9.17, 15) is 14.7 Å². The molecule has 0 aliphatic carbocycles. The quantitative estimate of drug-likeness (QED) is 0.878. The number of benzene rings is 1. The lowest BCUT2D eigenvalue weighted by Crippen LogP contribution is -2.41. The Kier molecular flexibility index (Phi) is 4.55. The number of carbonyl (C=O) groups is 2. The van der Waals surface area contributed by atoms with Crippen LogP contribution in [0, 0.1) is 0 Å². The number of rotatable bonds is 4. The molecule has 1 unspecified atom stereocenters. The van der Waals surface area contributed by atoms with Crippen LogP contribution in [-0.2, 0) is 4.79 Å². The SMILES string of the molecule is CCC(C(=O)O)N(C)C(=O)c1ccc(O)c(Cl)c1. The van der Waals surface area contributed by atoms with E-state index in [1.165, 1.54) is 25.2 Å². The van der Waals surface area contributed by atoms with Crippen molar-refractivity contribution in [2.45, 2.75) is 19.4 Å². The minimum Gasteiger partial charge on any atom is -0.506 e. The number of phenols is 1. The molecule has 6 heteroatoms. The lowest BCUT2D eigenvalue weighted by atomic mass is 10.1. The average molecular weight is 272 g/mol. The van der Waals surface area contributed by atoms with Crippen molar-refractivity contribution >= 4 is 23.5 Å². The first-order chi connectivity index (χ1) is 8.38. The van der Waals surface area contributed by atoms with Crippen molar-refractivity contribution in [3.05, 3.63) is 28.8 Å². The summed E-state index contributed by atoms with van der Waals surface area (Å²) in [5.41, 5.74) is 0.236. The molecule has 5 nitrogen and oxygen atoms in total. The summed E-state index contributed by atoms with van der Waals surface area (Å²) < 4.78 is 0. The second-order valence-corrected chi connectivity index (χ2v) is 4.25. The minimum atomic E-state index is -1.06. The van der Waals surface area contributed by atoms with E-state index in [0.717, 1.165) is 4.90 Å². The summed E-state index contributed by atoms with van der Waals surface area (Å²) in [4.78, 5) is 24.1. The molecule has 0 aliphatic heterocycles.